The minimum absolute atomic E-state index is 0.0837. The predicted octanol–water partition coefficient (Wildman–Crippen LogP) is 6.74. The highest BCUT2D eigenvalue weighted by molar-refractivity contribution is 6.74. The van der Waals surface area contributed by atoms with E-state index in [1.807, 2.05) is 39.8 Å². The summed E-state index contributed by atoms with van der Waals surface area (Å²) >= 11 is 0. The molecule has 0 rings (SSSR count). The Kier molecular flexibility index (Phi) is 12.2. The van der Waals surface area contributed by atoms with Gasteiger partial charge in [-0.3, -0.25) is 4.79 Å². The highest BCUT2D eigenvalue weighted by atomic mass is 28.4. The van der Waals surface area contributed by atoms with E-state index in [2.05, 4.69) is 65.2 Å². The monoisotopic (exact) mass is 463 g/mol. The van der Waals surface area contributed by atoms with Crippen molar-refractivity contribution in [2.75, 3.05) is 6.54 Å². The lowest BCUT2D eigenvalue weighted by Gasteiger charge is -2.41. The van der Waals surface area contributed by atoms with Crippen molar-refractivity contribution < 1.29 is 18.8 Å². The van der Waals surface area contributed by atoms with E-state index in [4.69, 9.17) is 9.16 Å². The summed E-state index contributed by atoms with van der Waals surface area (Å²) < 4.78 is 12.1. The fraction of sp³-hybridized carbons (Fsp3) is 0.615. The summed E-state index contributed by atoms with van der Waals surface area (Å²) in [6, 6.07) is 0. The number of nitrogens with one attached hydrogen (secondary N) is 1. The molecule has 1 N–H and O–H groups in total. The number of carbonyl (C=O) groups is 2. The smallest absolute Gasteiger partial charge is 0.407 e. The predicted molar refractivity (Wildman–Crippen MR) is 137 cm³/mol. The standard InChI is InChI=1S/C26H45NO4Si/c1-20(19-27-24(29)30-25(4,5)6)16-17-22(3)23(21(2)15-13-12-14-18-28)31-32(10,11)26(7,8)9/h12-18,21,23H,19H2,1-11H3,(H,27,29)/b14-12+,15-13+,20-16+,22-17+/t21-,23+/m1/s1. The zero-order valence-corrected chi connectivity index (χ0v) is 23.0. The van der Waals surface area contributed by atoms with Crippen molar-refractivity contribution in [2.24, 2.45) is 5.92 Å². The molecule has 0 saturated carbocycles. The maximum atomic E-state index is 11.9. The number of alkyl carbamates (subject to hydrolysis) is 1. The summed E-state index contributed by atoms with van der Waals surface area (Å²) in [4.78, 5) is 22.4. The second kappa shape index (κ2) is 12.9. The van der Waals surface area contributed by atoms with Gasteiger partial charge < -0.3 is 14.5 Å². The van der Waals surface area contributed by atoms with Gasteiger partial charge in [0.15, 0.2) is 8.32 Å². The van der Waals surface area contributed by atoms with Gasteiger partial charge >= 0.3 is 6.09 Å². The van der Waals surface area contributed by atoms with Crippen LogP contribution in [0.2, 0.25) is 18.1 Å². The first-order valence-corrected chi connectivity index (χ1v) is 14.2. The Bertz CT molecular complexity index is 734. The SMILES string of the molecule is C/C(=C\C=C(/C)[C@@H](O[Si](C)(C)C(C)(C)C)[C@H](C)/C=C/C=C/C=O)CNC(=O)OC(C)(C)C. The third kappa shape index (κ3) is 12.2. The van der Waals surface area contributed by atoms with Gasteiger partial charge in [-0.1, -0.05) is 63.6 Å². The number of aldehydes is 1. The highest BCUT2D eigenvalue weighted by Crippen LogP contribution is 2.39. The molecular formula is C26H45NO4Si. The molecular weight excluding hydrogens is 418 g/mol. The second-order valence-corrected chi connectivity index (χ2v) is 15.6. The Balaban J connectivity index is 5.54. The zero-order chi connectivity index (χ0) is 25.2. The molecule has 2 atom stereocenters. The van der Waals surface area contributed by atoms with Crippen molar-refractivity contribution in [1.29, 1.82) is 0 Å². The van der Waals surface area contributed by atoms with Crippen LogP contribution in [0.5, 0.6) is 0 Å². The fourth-order valence-corrected chi connectivity index (χ4v) is 3.90. The van der Waals surface area contributed by atoms with E-state index >= 15 is 0 Å². The molecule has 0 saturated heterocycles. The lowest BCUT2D eigenvalue weighted by atomic mass is 9.97. The first kappa shape index (κ1) is 30.1. The molecule has 182 valence electrons. The minimum atomic E-state index is -2.00. The zero-order valence-electron chi connectivity index (χ0n) is 22.0. The van der Waals surface area contributed by atoms with E-state index in [0.29, 0.717) is 6.54 Å². The molecule has 0 aromatic heterocycles. The van der Waals surface area contributed by atoms with E-state index in [0.717, 1.165) is 17.4 Å². The highest BCUT2D eigenvalue weighted by Gasteiger charge is 2.40. The van der Waals surface area contributed by atoms with E-state index in [-0.39, 0.29) is 17.1 Å². The second-order valence-electron chi connectivity index (χ2n) is 10.8. The number of hydrogen-bond acceptors (Lipinski definition) is 4. The Morgan fingerprint density at radius 2 is 1.59 bits per heavy atom. The molecule has 1 amide bonds. The van der Waals surface area contributed by atoms with E-state index in [9.17, 15) is 9.59 Å². The summed E-state index contributed by atoms with van der Waals surface area (Å²) in [5.74, 6) is 0.130. The number of allylic oxidation sites excluding steroid dienone is 5. The van der Waals surface area contributed by atoms with Crippen molar-refractivity contribution in [3.63, 3.8) is 0 Å². The van der Waals surface area contributed by atoms with Gasteiger partial charge in [0.05, 0.1) is 6.10 Å². The summed E-state index contributed by atoms with van der Waals surface area (Å²) in [7, 11) is -2.00. The van der Waals surface area contributed by atoms with E-state index in [1.165, 1.54) is 6.08 Å². The normalized spacial score (nSPS) is 16.3. The van der Waals surface area contributed by atoms with Crippen LogP contribution in [-0.2, 0) is 14.0 Å². The number of rotatable bonds is 10. The van der Waals surface area contributed by atoms with Gasteiger partial charge in [0.25, 0.3) is 0 Å². The number of ether oxygens (including phenoxy) is 1. The molecule has 0 aliphatic heterocycles. The number of amides is 1. The average Bonchev–Trinajstić information content (AvgIpc) is 2.63. The van der Waals surface area contributed by atoms with Crippen LogP contribution >= 0.6 is 0 Å². The van der Waals surface area contributed by atoms with Gasteiger partial charge in [-0.25, -0.2) is 4.79 Å². The average molecular weight is 464 g/mol. The number of hydrogen-bond donors (Lipinski definition) is 1. The fourth-order valence-electron chi connectivity index (χ4n) is 2.51. The van der Waals surface area contributed by atoms with Crippen LogP contribution in [0.25, 0.3) is 0 Å². The molecule has 0 aliphatic rings. The Morgan fingerprint density at radius 3 is 2.09 bits per heavy atom. The van der Waals surface area contributed by atoms with Crippen LogP contribution in [0.15, 0.2) is 47.6 Å². The van der Waals surface area contributed by atoms with Crippen LogP contribution in [0, 0.1) is 5.92 Å². The molecule has 0 unspecified atom stereocenters. The molecule has 6 heteroatoms. The number of carbonyl (C=O) groups excluding carboxylic acids is 2. The van der Waals surface area contributed by atoms with Crippen molar-refractivity contribution in [3.8, 4) is 0 Å². The van der Waals surface area contributed by atoms with Gasteiger partial charge in [0, 0.05) is 12.5 Å². The van der Waals surface area contributed by atoms with Gasteiger partial charge in [0.2, 0.25) is 0 Å². The summed E-state index contributed by atoms with van der Waals surface area (Å²) in [5.41, 5.74) is 1.61. The van der Waals surface area contributed by atoms with Crippen LogP contribution < -0.4 is 5.32 Å². The van der Waals surface area contributed by atoms with Gasteiger partial charge in [-0.05, 0) is 64.4 Å². The summed E-state index contributed by atoms with van der Waals surface area (Å²) in [6.07, 6.45) is 11.5. The van der Waals surface area contributed by atoms with Gasteiger partial charge in [0.1, 0.15) is 11.9 Å². The van der Waals surface area contributed by atoms with Crippen LogP contribution in [-0.4, -0.2) is 38.9 Å². The maximum absolute atomic E-state index is 11.9. The molecule has 5 nitrogen and oxygen atoms in total. The van der Waals surface area contributed by atoms with Crippen LogP contribution in [0.3, 0.4) is 0 Å². The molecule has 0 aromatic carbocycles. The van der Waals surface area contributed by atoms with Crippen molar-refractivity contribution >= 4 is 20.7 Å². The quantitative estimate of drug-likeness (QED) is 0.169. The van der Waals surface area contributed by atoms with Crippen LogP contribution in [0.1, 0.15) is 62.3 Å². The van der Waals surface area contributed by atoms with Crippen molar-refractivity contribution in [2.45, 2.75) is 92.2 Å². The third-order valence-corrected chi connectivity index (χ3v) is 9.87. The molecule has 0 aromatic rings. The van der Waals surface area contributed by atoms with E-state index < -0.39 is 20.0 Å². The molecule has 0 heterocycles. The van der Waals surface area contributed by atoms with Crippen LogP contribution in [0.4, 0.5) is 4.79 Å². The van der Waals surface area contributed by atoms with Crippen molar-refractivity contribution in [3.05, 3.63) is 47.6 Å². The van der Waals surface area contributed by atoms with Gasteiger partial charge in [-0.15, -0.1) is 0 Å². The topological polar surface area (TPSA) is 64.6 Å². The Labute approximate surface area is 197 Å². The lowest BCUT2D eigenvalue weighted by Crippen LogP contribution is -2.45. The molecule has 32 heavy (non-hydrogen) atoms. The van der Waals surface area contributed by atoms with E-state index in [1.54, 1.807) is 6.08 Å². The molecule has 0 radical (unpaired) electrons. The third-order valence-electron chi connectivity index (χ3n) is 5.41. The largest absolute Gasteiger partial charge is 0.444 e. The molecule has 0 fully saturated rings. The minimum Gasteiger partial charge on any atom is -0.444 e. The molecule has 0 spiro atoms. The molecule has 0 aliphatic carbocycles. The summed E-state index contributed by atoms with van der Waals surface area (Å²) in [5, 5.41) is 2.88. The van der Waals surface area contributed by atoms with Gasteiger partial charge in [-0.2, -0.15) is 0 Å². The van der Waals surface area contributed by atoms with Crippen molar-refractivity contribution in [1.82, 2.24) is 5.32 Å². The Hall–Kier alpha value is -1.92. The summed E-state index contributed by atoms with van der Waals surface area (Å²) in [6.45, 7) is 23.3. The lowest BCUT2D eigenvalue weighted by molar-refractivity contribution is -0.104. The first-order valence-electron chi connectivity index (χ1n) is 11.3. The molecule has 0 bridgehead atoms. The first-order chi connectivity index (χ1) is 14.5. The Morgan fingerprint density at radius 1 is 1.00 bits per heavy atom. The maximum Gasteiger partial charge on any atom is 0.407 e.